The van der Waals surface area contributed by atoms with E-state index in [1.165, 1.54) is 6.21 Å². The Morgan fingerprint density at radius 2 is 1.98 bits per heavy atom. The van der Waals surface area contributed by atoms with Gasteiger partial charge in [-0.05, 0) is 65.3 Å². The molecule has 3 aliphatic heterocycles. The van der Waals surface area contributed by atoms with Gasteiger partial charge in [0.25, 0.3) is 5.91 Å². The van der Waals surface area contributed by atoms with Gasteiger partial charge >= 0.3 is 0 Å². The van der Waals surface area contributed by atoms with Gasteiger partial charge in [-0.15, -0.1) is 0 Å². The molecule has 0 radical (unpaired) electrons. The highest BCUT2D eigenvalue weighted by molar-refractivity contribution is 5.95. The molecule has 0 spiro atoms. The molecule has 0 saturated carbocycles. The number of aryl methyl sites for hydroxylation is 1. The number of likely N-dealkylation sites (tertiary alicyclic amines) is 1. The number of nitrogens with zero attached hydrogens (tertiary/aromatic N) is 6. The van der Waals surface area contributed by atoms with Gasteiger partial charge in [0.1, 0.15) is 18.2 Å². The van der Waals surface area contributed by atoms with Gasteiger partial charge in [-0.3, -0.25) is 4.79 Å². The lowest BCUT2D eigenvalue weighted by atomic mass is 9.95. The van der Waals surface area contributed by atoms with Crippen LogP contribution >= 0.6 is 0 Å². The minimum Gasteiger partial charge on any atom is -0.475 e. The zero-order valence-corrected chi connectivity index (χ0v) is 26.4. The second kappa shape index (κ2) is 12.8. The minimum atomic E-state index is -0.967. The number of fused-ring (bicyclic) bond motifs is 1. The number of benzene rings is 1. The molecule has 1 amide bonds. The standard InChI is InChI=1S/C33H43FN8O2/c1-20-9-10-28(37-5)26(14-35)30(20)40-13-11-25-29(18-40)38-32(44-19-24-8-7-12-39(24)6)27(15-36)31(25)41-16-21(2)42(22(3)17-41)33(43)23(4)34/h9-10,14,21-22,24,35,37H,4,7-8,11-13,16-19H2,1-3,5-6H3/t21-,22+,24-/m0/s1. The maximum Gasteiger partial charge on any atom is 0.282 e. The molecular formula is C33H43FN8O2. The number of amides is 1. The van der Waals surface area contributed by atoms with Crippen molar-refractivity contribution < 1.29 is 13.9 Å². The summed E-state index contributed by atoms with van der Waals surface area (Å²) in [5.74, 6) is -1.33. The summed E-state index contributed by atoms with van der Waals surface area (Å²) in [4.78, 5) is 25.9. The first kappa shape index (κ1) is 31.3. The Bertz CT molecular complexity index is 1490. The van der Waals surface area contributed by atoms with E-state index in [-0.39, 0.29) is 18.1 Å². The highest BCUT2D eigenvalue weighted by Crippen LogP contribution is 2.40. The molecule has 5 rings (SSSR count). The van der Waals surface area contributed by atoms with Crippen molar-refractivity contribution in [3.8, 4) is 11.9 Å². The fourth-order valence-corrected chi connectivity index (χ4v) is 7.19. The molecule has 11 heteroatoms. The molecule has 2 fully saturated rings. The van der Waals surface area contributed by atoms with Gasteiger partial charge in [0, 0.05) is 67.8 Å². The molecule has 1 aromatic carbocycles. The number of nitrogens with one attached hydrogen (secondary N) is 2. The molecule has 0 bridgehead atoms. The third kappa shape index (κ3) is 5.71. The first-order valence-electron chi connectivity index (χ1n) is 15.4. The highest BCUT2D eigenvalue weighted by atomic mass is 19.1. The van der Waals surface area contributed by atoms with Gasteiger partial charge in [-0.2, -0.15) is 5.26 Å². The molecule has 1 aromatic heterocycles. The van der Waals surface area contributed by atoms with Crippen LogP contribution in [0.5, 0.6) is 5.88 Å². The number of nitriles is 1. The van der Waals surface area contributed by atoms with E-state index in [1.54, 1.807) is 4.90 Å². The molecule has 44 heavy (non-hydrogen) atoms. The van der Waals surface area contributed by atoms with E-state index in [1.807, 2.05) is 27.0 Å². The summed E-state index contributed by atoms with van der Waals surface area (Å²) in [7, 11) is 3.95. The summed E-state index contributed by atoms with van der Waals surface area (Å²) in [6.45, 7) is 12.6. The minimum absolute atomic E-state index is 0.254. The third-order valence-electron chi connectivity index (χ3n) is 9.34. The average molecular weight is 603 g/mol. The zero-order chi connectivity index (χ0) is 31.7. The number of hydrogen-bond acceptors (Lipinski definition) is 9. The number of piperazine rings is 1. The summed E-state index contributed by atoms with van der Waals surface area (Å²) in [5, 5.41) is 21.9. The maximum atomic E-state index is 13.9. The Morgan fingerprint density at radius 1 is 1.25 bits per heavy atom. The van der Waals surface area contributed by atoms with Gasteiger partial charge in [-0.1, -0.05) is 12.6 Å². The Kier molecular flexibility index (Phi) is 9.11. The summed E-state index contributed by atoms with van der Waals surface area (Å²) in [6.07, 6.45) is 4.17. The van der Waals surface area contributed by atoms with Crippen molar-refractivity contribution in [3.63, 3.8) is 0 Å². The number of aromatic nitrogens is 1. The SMILES string of the molecule is C=C(F)C(=O)N1[C@H](C)CN(c2c(C#N)c(OC[C@@H]3CCCN3C)nc3c2CCN(c2c(C)ccc(NC)c2C=N)C3)C[C@@H]1C. The number of ether oxygens (including phenoxy) is 1. The fraction of sp³-hybridized carbons (Fsp3) is 0.515. The monoisotopic (exact) mass is 602 g/mol. The van der Waals surface area contributed by atoms with Crippen LogP contribution in [0.3, 0.4) is 0 Å². The summed E-state index contributed by atoms with van der Waals surface area (Å²) < 4.78 is 20.3. The van der Waals surface area contributed by atoms with Crippen LogP contribution < -0.4 is 19.9 Å². The van der Waals surface area contributed by atoms with E-state index in [0.717, 1.165) is 58.8 Å². The van der Waals surface area contributed by atoms with Crippen molar-refractivity contribution in [2.75, 3.05) is 62.0 Å². The van der Waals surface area contributed by atoms with Gasteiger partial charge in [0.2, 0.25) is 5.88 Å². The summed E-state index contributed by atoms with van der Waals surface area (Å²) in [6, 6.07) is 6.12. The Hall–Kier alpha value is -4.17. The number of carbonyl (C=O) groups is 1. The Labute approximate surface area is 259 Å². The Morgan fingerprint density at radius 3 is 2.57 bits per heavy atom. The van der Waals surface area contributed by atoms with Crippen LogP contribution in [0.2, 0.25) is 0 Å². The largest absolute Gasteiger partial charge is 0.475 e. The first-order valence-corrected chi connectivity index (χ1v) is 15.4. The van der Waals surface area contributed by atoms with E-state index in [2.05, 4.69) is 52.7 Å². The van der Waals surface area contributed by atoms with Crippen molar-refractivity contribution in [2.45, 2.75) is 64.7 Å². The van der Waals surface area contributed by atoms with E-state index in [4.69, 9.17) is 15.1 Å². The molecule has 234 valence electrons. The van der Waals surface area contributed by atoms with E-state index < -0.39 is 11.7 Å². The lowest BCUT2D eigenvalue weighted by molar-refractivity contribution is -0.133. The van der Waals surface area contributed by atoms with Gasteiger partial charge < -0.3 is 35.1 Å². The topological polar surface area (TPSA) is 112 Å². The molecule has 4 heterocycles. The van der Waals surface area contributed by atoms with Crippen LogP contribution in [0.15, 0.2) is 24.5 Å². The molecule has 0 unspecified atom stereocenters. The zero-order valence-electron chi connectivity index (χ0n) is 26.4. The molecular weight excluding hydrogens is 559 g/mol. The lowest BCUT2D eigenvalue weighted by Gasteiger charge is -2.46. The van der Waals surface area contributed by atoms with Crippen molar-refractivity contribution in [2.24, 2.45) is 0 Å². The molecule has 2 N–H and O–H groups in total. The van der Waals surface area contributed by atoms with Crippen LogP contribution in [0.4, 0.5) is 21.5 Å². The third-order valence-corrected chi connectivity index (χ3v) is 9.34. The van der Waals surface area contributed by atoms with Crippen molar-refractivity contribution in [1.82, 2.24) is 14.8 Å². The van der Waals surface area contributed by atoms with Gasteiger partial charge in [0.15, 0.2) is 5.83 Å². The van der Waals surface area contributed by atoms with Crippen LogP contribution in [0.1, 0.15) is 54.6 Å². The number of halogens is 1. The van der Waals surface area contributed by atoms with Crippen LogP contribution in [0, 0.1) is 23.7 Å². The quantitative estimate of drug-likeness (QED) is 0.341. The normalized spacial score (nSPS) is 21.9. The van der Waals surface area contributed by atoms with E-state index in [9.17, 15) is 14.4 Å². The maximum absolute atomic E-state index is 13.9. The van der Waals surface area contributed by atoms with E-state index >= 15 is 0 Å². The summed E-state index contributed by atoms with van der Waals surface area (Å²) in [5.41, 5.74) is 6.79. The first-order chi connectivity index (χ1) is 21.1. The average Bonchev–Trinajstić information content (AvgIpc) is 3.42. The lowest BCUT2D eigenvalue weighted by Crippen LogP contribution is -2.59. The van der Waals surface area contributed by atoms with Gasteiger partial charge in [0.05, 0.1) is 23.6 Å². The number of hydrogen-bond donors (Lipinski definition) is 2. The fourth-order valence-electron chi connectivity index (χ4n) is 7.19. The van der Waals surface area contributed by atoms with Crippen molar-refractivity contribution in [1.29, 1.82) is 10.7 Å². The number of pyridine rings is 1. The second-order valence-electron chi connectivity index (χ2n) is 12.2. The Balaban J connectivity index is 1.57. The number of carbonyl (C=O) groups excluding carboxylic acids is 1. The number of likely N-dealkylation sites (N-methyl/N-ethyl adjacent to an activating group) is 1. The highest BCUT2D eigenvalue weighted by Gasteiger charge is 2.38. The molecule has 3 atom stereocenters. The summed E-state index contributed by atoms with van der Waals surface area (Å²) >= 11 is 0. The van der Waals surface area contributed by atoms with Gasteiger partial charge in [-0.25, -0.2) is 9.37 Å². The molecule has 0 aliphatic carbocycles. The second-order valence-corrected chi connectivity index (χ2v) is 12.2. The molecule has 2 aromatic rings. The van der Waals surface area contributed by atoms with Crippen molar-refractivity contribution >= 4 is 29.2 Å². The van der Waals surface area contributed by atoms with Crippen LogP contribution in [-0.4, -0.2) is 91.9 Å². The predicted octanol–water partition coefficient (Wildman–Crippen LogP) is 4.25. The molecule has 3 aliphatic rings. The van der Waals surface area contributed by atoms with Crippen LogP contribution in [-0.2, 0) is 17.8 Å². The number of anilines is 3. The van der Waals surface area contributed by atoms with Crippen molar-refractivity contribution in [3.05, 3.63) is 52.5 Å². The molecule has 10 nitrogen and oxygen atoms in total. The molecule has 2 saturated heterocycles. The predicted molar refractivity (Wildman–Crippen MR) is 172 cm³/mol. The number of rotatable bonds is 8. The smallest absolute Gasteiger partial charge is 0.282 e. The van der Waals surface area contributed by atoms with E-state index in [0.29, 0.717) is 50.7 Å². The van der Waals surface area contributed by atoms with Crippen LogP contribution in [0.25, 0.3) is 0 Å².